The third-order valence-corrected chi connectivity index (χ3v) is 8.90. The summed E-state index contributed by atoms with van der Waals surface area (Å²) in [4.78, 5) is 47.1. The van der Waals surface area contributed by atoms with Crippen molar-refractivity contribution >= 4 is 17.5 Å². The minimum atomic E-state index is -0.248. The lowest BCUT2D eigenvalue weighted by atomic mass is 9.95. The van der Waals surface area contributed by atoms with Crippen LogP contribution in [0.1, 0.15) is 51.1 Å². The van der Waals surface area contributed by atoms with Crippen molar-refractivity contribution in [2.45, 2.75) is 46.2 Å². The predicted molar refractivity (Wildman–Crippen MR) is 165 cm³/mol. The van der Waals surface area contributed by atoms with Crippen LogP contribution >= 0.6 is 0 Å². The largest absolute Gasteiger partial charge is 0.381 e. The summed E-state index contributed by atoms with van der Waals surface area (Å²) in [6, 6.07) is 14.3. The number of morpholine rings is 1. The molecule has 0 radical (unpaired) electrons. The molecule has 2 aromatic carbocycles. The fourth-order valence-electron chi connectivity index (χ4n) is 6.45. The lowest BCUT2D eigenvalue weighted by Crippen LogP contribution is -2.37. The van der Waals surface area contributed by atoms with Crippen molar-refractivity contribution < 1.29 is 19.1 Å². The van der Waals surface area contributed by atoms with Crippen LogP contribution in [0.15, 0.2) is 47.3 Å². The summed E-state index contributed by atoms with van der Waals surface area (Å²) in [5.74, 6) is -0.216. The zero-order valence-corrected chi connectivity index (χ0v) is 25.0. The molecule has 43 heavy (non-hydrogen) atoms. The van der Waals surface area contributed by atoms with Crippen molar-refractivity contribution in [2.24, 2.45) is 5.92 Å². The molecule has 226 valence electrons. The number of aryl methyl sites for hydroxylation is 2. The molecule has 2 saturated heterocycles. The molecule has 3 aromatic rings. The van der Waals surface area contributed by atoms with E-state index in [2.05, 4.69) is 45.5 Å². The lowest BCUT2D eigenvalue weighted by Gasteiger charge is -2.27. The third-order valence-electron chi connectivity index (χ3n) is 8.90. The first kappa shape index (κ1) is 29.3. The molecule has 3 aliphatic rings. The van der Waals surface area contributed by atoms with Crippen molar-refractivity contribution in [1.82, 2.24) is 15.2 Å². The summed E-state index contributed by atoms with van der Waals surface area (Å²) < 4.78 is 11.0. The van der Waals surface area contributed by atoms with Crippen LogP contribution in [0.25, 0.3) is 11.1 Å². The first-order valence-electron chi connectivity index (χ1n) is 15.3. The van der Waals surface area contributed by atoms with E-state index in [-0.39, 0.29) is 29.8 Å². The van der Waals surface area contributed by atoms with Crippen LogP contribution in [-0.4, -0.2) is 67.8 Å². The van der Waals surface area contributed by atoms with E-state index >= 15 is 0 Å². The van der Waals surface area contributed by atoms with Gasteiger partial charge in [-0.1, -0.05) is 24.3 Å². The Balaban J connectivity index is 1.30. The molecule has 0 unspecified atom stereocenters. The lowest BCUT2D eigenvalue weighted by molar-refractivity contribution is -0.125. The minimum Gasteiger partial charge on any atom is -0.381 e. The average Bonchev–Trinajstić information content (AvgIpc) is 3.45. The number of nitrogens with one attached hydrogen (secondary N) is 2. The molecule has 1 aromatic heterocycles. The van der Waals surface area contributed by atoms with Gasteiger partial charge in [-0.05, 0) is 79.1 Å². The van der Waals surface area contributed by atoms with Crippen molar-refractivity contribution in [3.05, 3.63) is 86.3 Å². The Morgan fingerprint density at radius 2 is 1.65 bits per heavy atom. The molecule has 0 atom stereocenters. The Labute approximate surface area is 252 Å². The number of amides is 2. The molecular weight excluding hydrogens is 544 g/mol. The van der Waals surface area contributed by atoms with E-state index in [1.54, 1.807) is 0 Å². The summed E-state index contributed by atoms with van der Waals surface area (Å²) in [6.45, 7) is 9.83. The number of anilines is 1. The molecule has 0 saturated carbocycles. The zero-order chi connectivity index (χ0) is 29.9. The normalized spacial score (nSPS) is 17.6. The van der Waals surface area contributed by atoms with Gasteiger partial charge in [0.25, 0.3) is 11.5 Å². The minimum absolute atomic E-state index is 0.0728. The summed E-state index contributed by atoms with van der Waals surface area (Å²) >= 11 is 0. The van der Waals surface area contributed by atoms with Gasteiger partial charge in [0.1, 0.15) is 0 Å². The predicted octanol–water partition coefficient (Wildman–Crippen LogP) is 3.74. The fraction of sp³-hybridized carbons (Fsp3) is 0.441. The van der Waals surface area contributed by atoms with Gasteiger partial charge in [0.15, 0.2) is 0 Å². The van der Waals surface area contributed by atoms with E-state index in [0.29, 0.717) is 50.1 Å². The molecule has 6 rings (SSSR count). The number of fused-ring (bicyclic) bond motifs is 1. The van der Waals surface area contributed by atoms with Crippen LogP contribution in [-0.2, 0) is 33.8 Å². The van der Waals surface area contributed by atoms with Crippen LogP contribution in [0, 0.1) is 19.8 Å². The first-order chi connectivity index (χ1) is 20.9. The van der Waals surface area contributed by atoms with Gasteiger partial charge in [0, 0.05) is 74.4 Å². The summed E-state index contributed by atoms with van der Waals surface area (Å²) in [7, 11) is 0. The van der Waals surface area contributed by atoms with E-state index in [1.165, 1.54) is 5.56 Å². The third kappa shape index (κ3) is 6.44. The Morgan fingerprint density at radius 1 is 0.930 bits per heavy atom. The molecule has 2 amide bonds. The Bertz CT molecular complexity index is 1550. The van der Waals surface area contributed by atoms with Crippen LogP contribution in [0.2, 0.25) is 0 Å². The van der Waals surface area contributed by atoms with Crippen molar-refractivity contribution in [1.29, 1.82) is 0 Å². The number of hydrogen-bond acceptors (Lipinski definition) is 6. The number of hydrogen-bond donors (Lipinski definition) is 2. The number of pyridine rings is 1. The van der Waals surface area contributed by atoms with E-state index in [1.807, 2.05) is 30.9 Å². The van der Waals surface area contributed by atoms with Gasteiger partial charge >= 0.3 is 0 Å². The van der Waals surface area contributed by atoms with E-state index in [9.17, 15) is 14.4 Å². The number of aromatic amines is 1. The average molecular weight is 585 g/mol. The van der Waals surface area contributed by atoms with Gasteiger partial charge < -0.3 is 24.7 Å². The highest BCUT2D eigenvalue weighted by Crippen LogP contribution is 2.37. The summed E-state index contributed by atoms with van der Waals surface area (Å²) in [5.41, 5.74) is 7.30. The van der Waals surface area contributed by atoms with Gasteiger partial charge in [0.2, 0.25) is 5.91 Å². The molecule has 9 heteroatoms. The molecule has 0 spiro atoms. The van der Waals surface area contributed by atoms with Crippen LogP contribution in [0.3, 0.4) is 0 Å². The molecule has 2 N–H and O–H groups in total. The van der Waals surface area contributed by atoms with Gasteiger partial charge in [-0.2, -0.15) is 0 Å². The molecule has 4 heterocycles. The van der Waals surface area contributed by atoms with Gasteiger partial charge in [-0.15, -0.1) is 0 Å². The van der Waals surface area contributed by atoms with E-state index < -0.39 is 0 Å². The number of carbonyl (C=O) groups is 2. The van der Waals surface area contributed by atoms with E-state index in [0.717, 1.165) is 66.5 Å². The quantitative estimate of drug-likeness (QED) is 0.439. The van der Waals surface area contributed by atoms with Gasteiger partial charge in [0.05, 0.1) is 13.2 Å². The maximum Gasteiger partial charge on any atom is 0.253 e. The highest BCUT2D eigenvalue weighted by atomic mass is 16.5. The van der Waals surface area contributed by atoms with Gasteiger partial charge in [-0.3, -0.25) is 19.3 Å². The fourth-order valence-corrected chi connectivity index (χ4v) is 6.45. The number of carbonyl (C=O) groups excluding carboxylic acids is 2. The number of benzene rings is 2. The highest BCUT2D eigenvalue weighted by Gasteiger charge is 2.34. The Morgan fingerprint density at radius 3 is 2.37 bits per heavy atom. The topological polar surface area (TPSA) is 104 Å². The molecule has 0 aliphatic carbocycles. The van der Waals surface area contributed by atoms with Crippen LogP contribution in [0.4, 0.5) is 5.69 Å². The number of ether oxygens (including phenoxy) is 2. The second-order valence-electron chi connectivity index (χ2n) is 11.9. The maximum atomic E-state index is 13.7. The van der Waals surface area contributed by atoms with Crippen molar-refractivity contribution in [3.8, 4) is 11.1 Å². The number of rotatable bonds is 7. The van der Waals surface area contributed by atoms with Crippen molar-refractivity contribution in [2.75, 3.05) is 51.0 Å². The molecule has 3 aliphatic heterocycles. The number of H-pyrrole nitrogens is 1. The van der Waals surface area contributed by atoms with Crippen LogP contribution < -0.4 is 15.8 Å². The molecule has 0 bridgehead atoms. The monoisotopic (exact) mass is 584 g/mol. The Kier molecular flexibility index (Phi) is 8.74. The van der Waals surface area contributed by atoms with Gasteiger partial charge in [-0.25, -0.2) is 0 Å². The molecule has 2 fully saturated rings. The van der Waals surface area contributed by atoms with E-state index in [4.69, 9.17) is 9.47 Å². The summed E-state index contributed by atoms with van der Waals surface area (Å²) in [6.07, 6.45) is 2.04. The maximum absolute atomic E-state index is 13.7. The SMILES string of the molecule is Cc1cc(C)c(CNC(=O)c2cc(-c3ccc(CN4CCOCC4)cc3)cc3c2CCN3C(=O)C2CCOCC2)c(=O)[nH]1. The smallest absolute Gasteiger partial charge is 0.253 e. The Hall–Kier alpha value is -3.79. The highest BCUT2D eigenvalue weighted by molar-refractivity contribution is 6.04. The standard InChI is InChI=1S/C34H40N4O5/c1-22-17-23(2)36-33(40)30(22)20-35-32(39)29-18-27(25-5-3-24(4-6-25)21-37-11-15-43-16-12-37)19-31-28(29)7-10-38(31)34(41)26-8-13-42-14-9-26/h3-6,17-19,26H,7-16,20-21H2,1-2H3,(H,35,39)(H,36,40). The van der Waals surface area contributed by atoms with Crippen molar-refractivity contribution in [3.63, 3.8) is 0 Å². The number of nitrogens with zero attached hydrogens (tertiary/aromatic N) is 2. The second-order valence-corrected chi connectivity index (χ2v) is 11.9. The second kappa shape index (κ2) is 12.8. The zero-order valence-electron chi connectivity index (χ0n) is 25.0. The first-order valence-corrected chi connectivity index (χ1v) is 15.3. The molecule has 9 nitrogen and oxygen atoms in total. The number of aromatic nitrogens is 1. The summed E-state index contributed by atoms with van der Waals surface area (Å²) in [5, 5.41) is 2.99. The molecular formula is C34H40N4O5. The van der Waals surface area contributed by atoms with Crippen LogP contribution in [0.5, 0.6) is 0 Å².